The molecule has 0 bridgehead atoms. The summed E-state index contributed by atoms with van der Waals surface area (Å²) in [7, 11) is 0. The summed E-state index contributed by atoms with van der Waals surface area (Å²) in [6, 6.07) is 19.8. The summed E-state index contributed by atoms with van der Waals surface area (Å²) in [5.74, 6) is -0.385. The zero-order chi connectivity index (χ0) is 29.3. The van der Waals surface area contributed by atoms with Gasteiger partial charge in [-0.1, -0.05) is 41.4 Å². The van der Waals surface area contributed by atoms with Crippen molar-refractivity contribution in [2.24, 2.45) is 0 Å². The Morgan fingerprint density at radius 3 is 1.57 bits per heavy atom. The van der Waals surface area contributed by atoms with E-state index in [1.165, 1.54) is 6.07 Å². The molecule has 0 aliphatic heterocycles. The molecular weight excluding hydrogens is 559 g/mol. The lowest BCUT2D eigenvalue weighted by atomic mass is 10.1. The maximum absolute atomic E-state index is 12.9. The monoisotopic (exact) mass is 590 g/mol. The van der Waals surface area contributed by atoms with Gasteiger partial charge in [-0.05, 0) is 82.3 Å². The summed E-state index contributed by atoms with van der Waals surface area (Å²) in [6.07, 6.45) is -0.856. The average Bonchev–Trinajstić information content (AvgIpc) is 2.91. The van der Waals surface area contributed by atoms with E-state index in [0.29, 0.717) is 27.1 Å². The van der Waals surface area contributed by atoms with E-state index < -0.39 is 29.2 Å². The summed E-state index contributed by atoms with van der Waals surface area (Å²) in [6.45, 7) is 5.77. The Hall–Kier alpha value is -3.46. The molecule has 0 radical (unpaired) electrons. The number of aromatic hydroxyl groups is 1. The highest BCUT2D eigenvalue weighted by atomic mass is 35.5. The van der Waals surface area contributed by atoms with Crippen molar-refractivity contribution in [3.8, 4) is 17.2 Å². The van der Waals surface area contributed by atoms with Crippen LogP contribution < -0.4 is 9.47 Å². The number of halogens is 2. The Morgan fingerprint density at radius 1 is 0.725 bits per heavy atom. The van der Waals surface area contributed by atoms with Crippen LogP contribution in [-0.2, 0) is 30.4 Å². The van der Waals surface area contributed by atoms with Gasteiger partial charge in [0.05, 0.1) is 6.61 Å². The largest absolute Gasteiger partial charge is 0.508 e. The number of ether oxygens (including phenoxy) is 5. The maximum atomic E-state index is 12.9. The fraction of sp³-hybridized carbons (Fsp3) is 0.333. The quantitative estimate of drug-likeness (QED) is 0.229. The van der Waals surface area contributed by atoms with Crippen molar-refractivity contribution in [2.75, 3.05) is 13.2 Å². The molecule has 8 nitrogen and oxygen atoms in total. The molecule has 3 aromatic rings. The number of carbonyl (C=O) groups excluding carboxylic acids is 2. The number of carbonyl (C=O) groups is 2. The van der Waals surface area contributed by atoms with Crippen LogP contribution in [0.1, 0.15) is 33.3 Å². The standard InChI is InChI=1S/C30H32Cl2O8/c1-29(2,39-23-13-9-21(31)10-14-23)27(34)37-18-25(36-17-20-7-5-6-8-26(20)33)19-38-28(35)30(3,4)40-24-15-11-22(32)12-16-24/h5-16,25,33H,17-19H2,1-4H3. The minimum atomic E-state index is -1.33. The molecule has 0 spiro atoms. The first-order valence-corrected chi connectivity index (χ1v) is 13.2. The van der Waals surface area contributed by atoms with Crippen molar-refractivity contribution in [2.45, 2.75) is 51.6 Å². The molecule has 40 heavy (non-hydrogen) atoms. The van der Waals surface area contributed by atoms with Crippen molar-refractivity contribution >= 4 is 35.1 Å². The van der Waals surface area contributed by atoms with Crippen LogP contribution in [0, 0.1) is 0 Å². The van der Waals surface area contributed by atoms with E-state index in [9.17, 15) is 14.7 Å². The zero-order valence-corrected chi connectivity index (χ0v) is 24.2. The maximum Gasteiger partial charge on any atom is 0.349 e. The molecule has 0 aliphatic carbocycles. The molecule has 0 atom stereocenters. The van der Waals surface area contributed by atoms with Gasteiger partial charge in [-0.3, -0.25) is 0 Å². The third-order valence-corrected chi connectivity index (χ3v) is 6.13. The lowest BCUT2D eigenvalue weighted by molar-refractivity contribution is -0.171. The second-order valence-corrected chi connectivity index (χ2v) is 10.8. The number of hydrogen-bond acceptors (Lipinski definition) is 8. The molecule has 3 rings (SSSR count). The molecule has 0 aromatic heterocycles. The minimum Gasteiger partial charge on any atom is -0.508 e. The number of rotatable bonds is 13. The molecule has 0 heterocycles. The van der Waals surface area contributed by atoms with Gasteiger partial charge >= 0.3 is 11.9 Å². The number of phenolic OH excluding ortho intramolecular Hbond substituents is 1. The van der Waals surface area contributed by atoms with Gasteiger partial charge in [0.15, 0.2) is 11.2 Å². The van der Waals surface area contributed by atoms with Crippen molar-refractivity contribution < 1.29 is 38.4 Å². The molecule has 214 valence electrons. The minimum absolute atomic E-state index is 0.0121. The molecule has 0 amide bonds. The van der Waals surface area contributed by atoms with E-state index in [1.54, 1.807) is 94.4 Å². The first-order valence-electron chi connectivity index (χ1n) is 12.5. The number of benzene rings is 3. The van der Waals surface area contributed by atoms with E-state index in [4.69, 9.17) is 46.9 Å². The first kappa shape index (κ1) is 31.1. The highest BCUT2D eigenvalue weighted by molar-refractivity contribution is 6.30. The van der Waals surface area contributed by atoms with Crippen LogP contribution in [0.4, 0.5) is 0 Å². The van der Waals surface area contributed by atoms with E-state index >= 15 is 0 Å². The Labute approximate surface area is 243 Å². The summed E-state index contributed by atoms with van der Waals surface area (Å²) >= 11 is 11.8. The van der Waals surface area contributed by atoms with Crippen molar-refractivity contribution in [1.29, 1.82) is 0 Å². The molecule has 0 saturated carbocycles. The summed E-state index contributed by atoms with van der Waals surface area (Å²) in [5.41, 5.74) is -2.15. The third-order valence-electron chi connectivity index (χ3n) is 5.62. The second kappa shape index (κ2) is 13.7. The molecular formula is C30H32Cl2O8. The van der Waals surface area contributed by atoms with E-state index in [1.807, 2.05) is 0 Å². The van der Waals surface area contributed by atoms with Gasteiger partial charge in [0.2, 0.25) is 0 Å². The lowest BCUT2D eigenvalue weighted by Gasteiger charge is -2.27. The van der Waals surface area contributed by atoms with Gasteiger partial charge in [-0.25, -0.2) is 9.59 Å². The van der Waals surface area contributed by atoms with Crippen LogP contribution in [-0.4, -0.2) is 47.6 Å². The van der Waals surface area contributed by atoms with Gasteiger partial charge in [0.25, 0.3) is 0 Å². The van der Waals surface area contributed by atoms with Crippen molar-refractivity contribution in [3.05, 3.63) is 88.4 Å². The number of hydrogen-bond donors (Lipinski definition) is 1. The highest BCUT2D eigenvalue weighted by Gasteiger charge is 2.35. The van der Waals surface area contributed by atoms with Crippen LogP contribution in [0.2, 0.25) is 10.0 Å². The summed E-state index contributed by atoms with van der Waals surface area (Å²) in [5, 5.41) is 11.2. The first-order chi connectivity index (χ1) is 18.9. The fourth-order valence-electron chi connectivity index (χ4n) is 3.35. The summed E-state index contributed by atoms with van der Waals surface area (Å²) < 4.78 is 28.4. The van der Waals surface area contributed by atoms with E-state index in [-0.39, 0.29) is 25.6 Å². The molecule has 0 fully saturated rings. The summed E-state index contributed by atoms with van der Waals surface area (Å²) in [4.78, 5) is 25.8. The van der Waals surface area contributed by atoms with E-state index in [2.05, 4.69) is 0 Å². The van der Waals surface area contributed by atoms with Crippen molar-refractivity contribution in [3.63, 3.8) is 0 Å². The Bertz CT molecular complexity index is 1200. The SMILES string of the molecule is CC(C)(Oc1ccc(Cl)cc1)C(=O)OCC(COC(=O)C(C)(C)Oc1ccc(Cl)cc1)OCc1ccccc1O. The van der Waals surface area contributed by atoms with Crippen LogP contribution in [0.25, 0.3) is 0 Å². The zero-order valence-electron chi connectivity index (χ0n) is 22.7. The van der Waals surface area contributed by atoms with Gasteiger partial charge in [0.1, 0.15) is 36.6 Å². The highest BCUT2D eigenvalue weighted by Crippen LogP contribution is 2.24. The molecule has 1 N–H and O–H groups in total. The van der Waals surface area contributed by atoms with Crippen LogP contribution in [0.5, 0.6) is 17.2 Å². The topological polar surface area (TPSA) is 101 Å². The smallest absolute Gasteiger partial charge is 0.349 e. The van der Waals surface area contributed by atoms with Crippen LogP contribution in [0.3, 0.4) is 0 Å². The molecule has 0 saturated heterocycles. The predicted molar refractivity (Wildman–Crippen MR) is 151 cm³/mol. The Morgan fingerprint density at radius 2 is 1.15 bits per heavy atom. The fourth-order valence-corrected chi connectivity index (χ4v) is 3.60. The van der Waals surface area contributed by atoms with Gasteiger partial charge in [0, 0.05) is 15.6 Å². The van der Waals surface area contributed by atoms with Crippen molar-refractivity contribution in [1.82, 2.24) is 0 Å². The molecule has 3 aromatic carbocycles. The van der Waals surface area contributed by atoms with E-state index in [0.717, 1.165) is 0 Å². The Balaban J connectivity index is 1.63. The van der Waals surface area contributed by atoms with Gasteiger partial charge in [-0.2, -0.15) is 0 Å². The third kappa shape index (κ3) is 9.33. The van der Waals surface area contributed by atoms with Crippen LogP contribution >= 0.6 is 23.2 Å². The second-order valence-electron chi connectivity index (χ2n) is 9.89. The molecule has 10 heteroatoms. The molecule has 0 aliphatic rings. The Kier molecular flexibility index (Phi) is 10.7. The number of para-hydroxylation sites is 1. The lowest BCUT2D eigenvalue weighted by Crippen LogP contribution is -2.43. The van der Waals surface area contributed by atoms with Crippen LogP contribution in [0.15, 0.2) is 72.8 Å². The van der Waals surface area contributed by atoms with Gasteiger partial charge < -0.3 is 28.8 Å². The predicted octanol–water partition coefficient (Wildman–Crippen LogP) is 6.39. The average molecular weight is 591 g/mol. The number of esters is 2. The van der Waals surface area contributed by atoms with Gasteiger partial charge in [-0.15, -0.1) is 0 Å². The number of phenols is 1. The molecule has 0 unspecified atom stereocenters. The normalized spacial score (nSPS) is 11.7.